The van der Waals surface area contributed by atoms with Crippen LogP contribution in [0.15, 0.2) is 59.4 Å². The summed E-state index contributed by atoms with van der Waals surface area (Å²) < 4.78 is 54.7. The van der Waals surface area contributed by atoms with Crippen molar-refractivity contribution in [1.82, 2.24) is 14.6 Å². The molecule has 1 fully saturated rings. The summed E-state index contributed by atoms with van der Waals surface area (Å²) >= 11 is 0. The third-order valence-corrected chi connectivity index (χ3v) is 8.01. The van der Waals surface area contributed by atoms with Crippen molar-refractivity contribution in [3.8, 4) is 11.5 Å². The van der Waals surface area contributed by atoms with Crippen LogP contribution in [0, 0.1) is 17.5 Å². The number of benzene rings is 3. The Bertz CT molecular complexity index is 1910. The number of methoxy groups -OCH3 is 2. The quantitative estimate of drug-likeness (QED) is 0.282. The maximum atomic E-state index is 14.5. The second-order valence-electron chi connectivity index (χ2n) is 11.9. The molecule has 0 radical (unpaired) electrons. The Labute approximate surface area is 275 Å². The number of rotatable bonds is 8. The minimum absolute atomic E-state index is 0. The number of nitrogens with two attached hydrogens (primary N) is 1. The number of carbonyl (C=O) groups is 2. The number of ether oxygens (including phenoxy) is 2. The second-order valence-corrected chi connectivity index (χ2v) is 11.9. The number of anilines is 2. The lowest BCUT2D eigenvalue weighted by atomic mass is 10.1. The molecule has 1 saturated heterocycles. The SMILES string of the molecule is COc1ccc(N(C(=O)Nc2ccc(F)cc2)C(C)c2nc3cc(F)c(F)cc3c(=O)n2N2CCN(C(=O)C(C)(C)N)CC2)c(OC)c1.[HH]. The third-order valence-electron chi connectivity index (χ3n) is 8.01. The van der Waals surface area contributed by atoms with Crippen LogP contribution in [0.2, 0.25) is 0 Å². The molecule has 3 amide bonds. The van der Waals surface area contributed by atoms with E-state index in [0.717, 1.165) is 12.1 Å². The second kappa shape index (κ2) is 13.4. The highest BCUT2D eigenvalue weighted by Gasteiger charge is 2.35. The Kier molecular flexibility index (Phi) is 9.52. The van der Waals surface area contributed by atoms with Crippen molar-refractivity contribution in [2.75, 3.05) is 55.6 Å². The van der Waals surface area contributed by atoms with Gasteiger partial charge in [0.2, 0.25) is 5.91 Å². The van der Waals surface area contributed by atoms with Crippen molar-refractivity contribution in [1.29, 1.82) is 0 Å². The molecule has 0 bridgehead atoms. The van der Waals surface area contributed by atoms with E-state index in [4.69, 9.17) is 15.2 Å². The van der Waals surface area contributed by atoms with Gasteiger partial charge in [-0.15, -0.1) is 0 Å². The maximum absolute atomic E-state index is 14.5. The van der Waals surface area contributed by atoms with Crippen molar-refractivity contribution in [3.63, 3.8) is 0 Å². The van der Waals surface area contributed by atoms with Gasteiger partial charge < -0.3 is 30.4 Å². The number of hydrogen-bond acceptors (Lipinski definition) is 8. The minimum Gasteiger partial charge on any atom is -0.497 e. The van der Waals surface area contributed by atoms with Crippen LogP contribution in [0.5, 0.6) is 11.5 Å². The number of nitrogens with one attached hydrogen (secondary N) is 1. The van der Waals surface area contributed by atoms with Crippen LogP contribution in [0.25, 0.3) is 10.9 Å². The van der Waals surface area contributed by atoms with Gasteiger partial charge in [0.05, 0.1) is 55.5 Å². The molecule has 4 aromatic rings. The van der Waals surface area contributed by atoms with Crippen LogP contribution in [0.4, 0.5) is 29.3 Å². The molecule has 15 heteroatoms. The first-order valence-corrected chi connectivity index (χ1v) is 15.1. The van der Waals surface area contributed by atoms with E-state index >= 15 is 0 Å². The first kappa shape index (κ1) is 34.0. The number of nitrogens with zero attached hydrogens (tertiary/aromatic N) is 5. The summed E-state index contributed by atoms with van der Waals surface area (Å²) in [5.74, 6) is -2.53. The van der Waals surface area contributed by atoms with Crippen molar-refractivity contribution in [2.45, 2.75) is 32.4 Å². The number of halogens is 3. The molecule has 1 atom stereocenters. The van der Waals surface area contributed by atoms with Gasteiger partial charge in [-0.1, -0.05) is 0 Å². The first-order chi connectivity index (χ1) is 22.7. The van der Waals surface area contributed by atoms with Crippen molar-refractivity contribution in [2.24, 2.45) is 5.73 Å². The predicted octanol–water partition coefficient (Wildman–Crippen LogP) is 4.39. The molecule has 0 aliphatic carbocycles. The minimum atomic E-state index is -1.22. The number of fused-ring (bicyclic) bond motifs is 1. The first-order valence-electron chi connectivity index (χ1n) is 15.1. The van der Waals surface area contributed by atoms with E-state index in [1.54, 1.807) is 48.9 Å². The van der Waals surface area contributed by atoms with E-state index in [1.165, 1.54) is 48.1 Å². The number of hydrogen-bond donors (Lipinski definition) is 2. The fourth-order valence-electron chi connectivity index (χ4n) is 5.55. The Balaban J connectivity index is 0.00000541. The van der Waals surface area contributed by atoms with Crippen LogP contribution in [0.1, 0.15) is 34.1 Å². The summed E-state index contributed by atoms with van der Waals surface area (Å²) in [4.78, 5) is 48.6. The van der Waals surface area contributed by atoms with Crippen LogP contribution in [-0.2, 0) is 4.79 Å². The standard InChI is InChI=1S/C33H36F3N7O5.H2/c1-19(42(27-11-10-22(47-4)16-28(27)48-5)32(46)38-21-8-6-20(34)7-9-21)29-39-26-18-25(36)24(35)17-23(26)30(44)43(29)41-14-12-40(13-15-41)31(45)33(2,3)37;/h6-11,16-19H,12-15,37H2,1-5H3,(H,38,46);1H. The number of aromatic nitrogens is 2. The highest BCUT2D eigenvalue weighted by Crippen LogP contribution is 2.37. The fraction of sp³-hybridized carbons (Fsp3) is 0.333. The van der Waals surface area contributed by atoms with Gasteiger partial charge in [0, 0.05) is 32.3 Å². The third kappa shape index (κ3) is 6.72. The summed E-state index contributed by atoms with van der Waals surface area (Å²) in [6.45, 7) is 5.54. The zero-order chi connectivity index (χ0) is 34.9. The van der Waals surface area contributed by atoms with Gasteiger partial charge in [-0.05, 0) is 63.2 Å². The van der Waals surface area contributed by atoms with Gasteiger partial charge >= 0.3 is 6.03 Å². The van der Waals surface area contributed by atoms with Gasteiger partial charge in [-0.2, -0.15) is 0 Å². The van der Waals surface area contributed by atoms with E-state index in [-0.39, 0.29) is 67.4 Å². The van der Waals surface area contributed by atoms with E-state index in [2.05, 4.69) is 10.3 Å². The maximum Gasteiger partial charge on any atom is 0.327 e. The molecule has 1 aliphatic heterocycles. The molecule has 12 nitrogen and oxygen atoms in total. The van der Waals surface area contributed by atoms with E-state index < -0.39 is 40.6 Å². The molecule has 256 valence electrons. The molecule has 1 unspecified atom stereocenters. The van der Waals surface area contributed by atoms with Gasteiger partial charge in [0.25, 0.3) is 5.56 Å². The highest BCUT2D eigenvalue weighted by atomic mass is 19.2. The van der Waals surface area contributed by atoms with Gasteiger partial charge in [0.15, 0.2) is 17.5 Å². The Morgan fingerprint density at radius 1 is 0.979 bits per heavy atom. The van der Waals surface area contributed by atoms with Crippen molar-refractivity contribution >= 4 is 34.2 Å². The summed E-state index contributed by atoms with van der Waals surface area (Å²) in [6, 6.07) is 9.72. The predicted molar refractivity (Wildman–Crippen MR) is 177 cm³/mol. The van der Waals surface area contributed by atoms with Crippen LogP contribution >= 0.6 is 0 Å². The molecule has 3 aromatic carbocycles. The molecule has 1 aromatic heterocycles. The lowest BCUT2D eigenvalue weighted by Crippen LogP contribution is -2.60. The Morgan fingerprint density at radius 2 is 1.62 bits per heavy atom. The summed E-state index contributed by atoms with van der Waals surface area (Å²) in [5, 5.41) is 4.19. The monoisotopic (exact) mass is 669 g/mol. The lowest BCUT2D eigenvalue weighted by Gasteiger charge is -2.40. The topological polar surface area (TPSA) is 135 Å². The summed E-state index contributed by atoms with van der Waals surface area (Å²) in [5.41, 5.74) is 4.61. The number of carbonyl (C=O) groups excluding carboxylic acids is 2. The largest absolute Gasteiger partial charge is 0.497 e. The smallest absolute Gasteiger partial charge is 0.327 e. The Morgan fingerprint density at radius 3 is 2.23 bits per heavy atom. The van der Waals surface area contributed by atoms with Gasteiger partial charge in [0.1, 0.15) is 17.3 Å². The van der Waals surface area contributed by atoms with E-state index in [0.29, 0.717) is 5.75 Å². The molecule has 3 N–H and O–H groups in total. The van der Waals surface area contributed by atoms with Gasteiger partial charge in [-0.3, -0.25) is 14.5 Å². The molecule has 0 saturated carbocycles. The molecule has 0 spiro atoms. The van der Waals surface area contributed by atoms with Crippen LogP contribution in [-0.4, -0.2) is 72.4 Å². The Hall–Kier alpha value is -5.31. The van der Waals surface area contributed by atoms with Crippen molar-refractivity contribution in [3.05, 3.63) is 88.2 Å². The van der Waals surface area contributed by atoms with E-state index in [9.17, 15) is 27.6 Å². The van der Waals surface area contributed by atoms with Gasteiger partial charge in [-0.25, -0.2) is 27.6 Å². The average Bonchev–Trinajstić information content (AvgIpc) is 3.06. The fourth-order valence-corrected chi connectivity index (χ4v) is 5.55. The number of amides is 3. The zero-order valence-corrected chi connectivity index (χ0v) is 27.1. The summed E-state index contributed by atoms with van der Waals surface area (Å²) in [6.07, 6.45) is 0. The van der Waals surface area contributed by atoms with Crippen LogP contribution < -0.4 is 36.0 Å². The number of urea groups is 1. The molecule has 2 heterocycles. The molecular weight excluding hydrogens is 631 g/mol. The molecule has 48 heavy (non-hydrogen) atoms. The highest BCUT2D eigenvalue weighted by molar-refractivity contribution is 6.03. The lowest BCUT2D eigenvalue weighted by molar-refractivity contribution is -0.136. The van der Waals surface area contributed by atoms with Crippen molar-refractivity contribution < 1.29 is 33.7 Å². The molecule has 5 rings (SSSR count). The zero-order valence-electron chi connectivity index (χ0n) is 27.1. The molecular formula is C33H38F3N7O5. The van der Waals surface area contributed by atoms with Crippen LogP contribution in [0.3, 0.4) is 0 Å². The normalized spacial score (nSPS) is 14.1. The average molecular weight is 670 g/mol. The molecule has 1 aliphatic rings. The van der Waals surface area contributed by atoms with E-state index in [1.807, 2.05) is 0 Å². The summed E-state index contributed by atoms with van der Waals surface area (Å²) in [7, 11) is 2.88. The number of piperazine rings is 1.